The Morgan fingerprint density at radius 3 is 3.15 bits per heavy atom. The largest absolute Gasteiger partial charge is 0.478 e. The van der Waals surface area contributed by atoms with E-state index in [0.29, 0.717) is 30.5 Å². The van der Waals surface area contributed by atoms with Crippen LogP contribution in [0.1, 0.15) is 12.5 Å². The molecule has 8 heteroatoms. The highest BCUT2D eigenvalue weighted by molar-refractivity contribution is 5.43. The minimum atomic E-state index is 0.559. The number of pyridine rings is 1. The normalized spacial score (nSPS) is 10.7. The third kappa shape index (κ3) is 2.48. The van der Waals surface area contributed by atoms with Crippen molar-refractivity contribution in [2.45, 2.75) is 13.5 Å². The van der Waals surface area contributed by atoms with Crippen molar-refractivity contribution in [3.63, 3.8) is 0 Å². The maximum absolute atomic E-state index is 5.47. The van der Waals surface area contributed by atoms with Gasteiger partial charge in [0.05, 0.1) is 6.61 Å². The van der Waals surface area contributed by atoms with Crippen molar-refractivity contribution in [1.82, 2.24) is 30.2 Å². The summed E-state index contributed by atoms with van der Waals surface area (Å²) >= 11 is 0. The van der Waals surface area contributed by atoms with Crippen LogP contribution in [0.3, 0.4) is 0 Å². The second-order valence-corrected chi connectivity index (χ2v) is 4.00. The molecule has 0 aliphatic heterocycles. The maximum Gasteiger partial charge on any atom is 0.218 e. The molecular formula is C12H13N7O. The van der Waals surface area contributed by atoms with E-state index in [-0.39, 0.29) is 0 Å². The van der Waals surface area contributed by atoms with Crippen molar-refractivity contribution < 1.29 is 4.74 Å². The minimum absolute atomic E-state index is 0.559. The summed E-state index contributed by atoms with van der Waals surface area (Å²) in [6.45, 7) is 3.07. The van der Waals surface area contributed by atoms with Gasteiger partial charge in [-0.15, -0.1) is 14.8 Å². The van der Waals surface area contributed by atoms with Crippen LogP contribution < -0.4 is 10.1 Å². The molecule has 20 heavy (non-hydrogen) atoms. The van der Waals surface area contributed by atoms with Crippen LogP contribution in [0.25, 0.3) is 5.65 Å². The quantitative estimate of drug-likeness (QED) is 0.738. The first-order chi connectivity index (χ1) is 9.86. The van der Waals surface area contributed by atoms with Crippen molar-refractivity contribution in [2.24, 2.45) is 0 Å². The highest BCUT2D eigenvalue weighted by atomic mass is 16.5. The van der Waals surface area contributed by atoms with E-state index in [4.69, 9.17) is 4.74 Å². The highest BCUT2D eigenvalue weighted by Gasteiger charge is 2.05. The SMILES string of the molecule is CCOc1ncccc1CNc1ccc2nnnn2n1. The van der Waals surface area contributed by atoms with Gasteiger partial charge in [0.15, 0.2) is 5.65 Å². The van der Waals surface area contributed by atoms with Gasteiger partial charge < -0.3 is 10.1 Å². The number of nitrogens with one attached hydrogen (secondary N) is 1. The van der Waals surface area contributed by atoms with E-state index in [1.807, 2.05) is 25.1 Å². The smallest absolute Gasteiger partial charge is 0.218 e. The van der Waals surface area contributed by atoms with Crippen molar-refractivity contribution in [2.75, 3.05) is 11.9 Å². The van der Waals surface area contributed by atoms with Crippen molar-refractivity contribution >= 4 is 11.5 Å². The fourth-order valence-corrected chi connectivity index (χ4v) is 1.76. The zero-order chi connectivity index (χ0) is 13.8. The standard InChI is InChI=1S/C12H13N7O/c1-2-20-12-9(4-3-7-13-12)8-14-10-5-6-11-15-17-18-19(11)16-10/h3-7H,2,8H2,1H3,(H,14,16). The van der Waals surface area contributed by atoms with Gasteiger partial charge in [0.2, 0.25) is 5.88 Å². The van der Waals surface area contributed by atoms with Gasteiger partial charge in [-0.3, -0.25) is 0 Å². The second-order valence-electron chi connectivity index (χ2n) is 4.00. The lowest BCUT2D eigenvalue weighted by atomic mass is 10.2. The summed E-state index contributed by atoms with van der Waals surface area (Å²) < 4.78 is 6.84. The van der Waals surface area contributed by atoms with Crippen LogP contribution in [-0.4, -0.2) is 36.8 Å². The molecule has 0 saturated carbocycles. The van der Waals surface area contributed by atoms with Crippen LogP contribution >= 0.6 is 0 Å². The molecule has 3 aromatic rings. The molecule has 0 amide bonds. The van der Waals surface area contributed by atoms with Gasteiger partial charge >= 0.3 is 0 Å². The number of nitrogens with zero attached hydrogens (tertiary/aromatic N) is 6. The number of ether oxygens (including phenoxy) is 1. The Morgan fingerprint density at radius 2 is 2.25 bits per heavy atom. The maximum atomic E-state index is 5.47. The fraction of sp³-hybridized carbons (Fsp3) is 0.250. The van der Waals surface area contributed by atoms with Gasteiger partial charge in [-0.2, -0.15) is 0 Å². The Hall–Kier alpha value is -2.77. The first kappa shape index (κ1) is 12.3. The van der Waals surface area contributed by atoms with Crippen LogP contribution in [-0.2, 0) is 6.54 Å². The number of hydrogen-bond acceptors (Lipinski definition) is 7. The molecule has 0 saturated heterocycles. The van der Waals surface area contributed by atoms with E-state index in [9.17, 15) is 0 Å². The molecule has 1 N–H and O–H groups in total. The Balaban J connectivity index is 1.75. The molecule has 0 atom stereocenters. The first-order valence-electron chi connectivity index (χ1n) is 6.23. The zero-order valence-electron chi connectivity index (χ0n) is 10.9. The number of anilines is 1. The van der Waals surface area contributed by atoms with Gasteiger partial charge in [-0.05, 0) is 35.5 Å². The van der Waals surface area contributed by atoms with Crippen molar-refractivity contribution in [3.8, 4) is 5.88 Å². The summed E-state index contributed by atoms with van der Waals surface area (Å²) in [5.41, 5.74) is 1.57. The topological polar surface area (TPSA) is 90.1 Å². The molecule has 0 unspecified atom stereocenters. The van der Waals surface area contributed by atoms with Crippen LogP contribution in [0.4, 0.5) is 5.82 Å². The van der Waals surface area contributed by atoms with Gasteiger partial charge in [-0.1, -0.05) is 6.07 Å². The molecule has 0 radical (unpaired) electrons. The molecule has 102 valence electrons. The zero-order valence-corrected chi connectivity index (χ0v) is 10.9. The van der Waals surface area contributed by atoms with Gasteiger partial charge in [-0.25, -0.2) is 4.98 Å². The Bertz CT molecular complexity index is 712. The van der Waals surface area contributed by atoms with Gasteiger partial charge in [0.25, 0.3) is 0 Å². The summed E-state index contributed by atoms with van der Waals surface area (Å²) in [6, 6.07) is 7.45. The number of fused-ring (bicyclic) bond motifs is 1. The average Bonchev–Trinajstić information content (AvgIpc) is 2.94. The third-order valence-electron chi connectivity index (χ3n) is 2.66. The molecule has 3 aromatic heterocycles. The monoisotopic (exact) mass is 271 g/mol. The minimum Gasteiger partial charge on any atom is -0.478 e. The lowest BCUT2D eigenvalue weighted by molar-refractivity contribution is 0.323. The van der Waals surface area contributed by atoms with Crippen molar-refractivity contribution in [1.29, 1.82) is 0 Å². The summed E-state index contributed by atoms with van der Waals surface area (Å²) in [7, 11) is 0. The lowest BCUT2D eigenvalue weighted by Gasteiger charge is -2.09. The molecular weight excluding hydrogens is 258 g/mol. The molecule has 0 spiro atoms. The molecule has 0 aliphatic rings. The molecule has 8 nitrogen and oxygen atoms in total. The predicted octanol–water partition coefficient (Wildman–Crippen LogP) is 0.925. The Kier molecular flexibility index (Phi) is 3.36. The van der Waals surface area contributed by atoms with Gasteiger partial charge in [0.1, 0.15) is 5.82 Å². The second kappa shape index (κ2) is 5.47. The van der Waals surface area contributed by atoms with E-state index < -0.39 is 0 Å². The number of aromatic nitrogens is 6. The molecule has 0 aliphatic carbocycles. The molecule has 3 heterocycles. The summed E-state index contributed by atoms with van der Waals surface area (Å²) in [5, 5.41) is 18.5. The van der Waals surface area contributed by atoms with E-state index in [1.54, 1.807) is 12.3 Å². The molecule has 3 rings (SSSR count). The lowest BCUT2D eigenvalue weighted by Crippen LogP contribution is -2.07. The predicted molar refractivity (Wildman–Crippen MR) is 71.3 cm³/mol. The van der Waals surface area contributed by atoms with E-state index >= 15 is 0 Å². The summed E-state index contributed by atoms with van der Waals surface area (Å²) in [4.78, 5) is 4.20. The van der Waals surface area contributed by atoms with E-state index in [2.05, 4.69) is 30.9 Å². The van der Waals surface area contributed by atoms with Crippen LogP contribution in [0.2, 0.25) is 0 Å². The number of hydrogen-bond donors (Lipinski definition) is 1. The van der Waals surface area contributed by atoms with Crippen molar-refractivity contribution in [3.05, 3.63) is 36.0 Å². The first-order valence-corrected chi connectivity index (χ1v) is 6.23. The third-order valence-corrected chi connectivity index (χ3v) is 2.66. The average molecular weight is 271 g/mol. The summed E-state index contributed by atoms with van der Waals surface area (Å²) in [6.07, 6.45) is 1.71. The Morgan fingerprint density at radius 1 is 1.30 bits per heavy atom. The molecule has 0 fully saturated rings. The van der Waals surface area contributed by atoms with Crippen LogP contribution in [0, 0.1) is 0 Å². The van der Waals surface area contributed by atoms with Crippen LogP contribution in [0.15, 0.2) is 30.5 Å². The highest BCUT2D eigenvalue weighted by Crippen LogP contribution is 2.15. The van der Waals surface area contributed by atoms with E-state index in [0.717, 1.165) is 5.56 Å². The number of tetrazole rings is 1. The van der Waals surface area contributed by atoms with Crippen LogP contribution in [0.5, 0.6) is 5.88 Å². The molecule has 0 bridgehead atoms. The molecule has 0 aromatic carbocycles. The van der Waals surface area contributed by atoms with Gasteiger partial charge in [0, 0.05) is 18.3 Å². The van der Waals surface area contributed by atoms with E-state index in [1.165, 1.54) is 4.63 Å². The Labute approximate surface area is 114 Å². The fourth-order valence-electron chi connectivity index (χ4n) is 1.76. The summed E-state index contributed by atoms with van der Waals surface area (Å²) in [5.74, 6) is 1.31. The number of rotatable bonds is 5.